The molecule has 0 unspecified atom stereocenters. The maximum Gasteiger partial charge on any atom is 0.222 e. The summed E-state index contributed by atoms with van der Waals surface area (Å²) in [6.07, 6.45) is 3.72. The minimum Gasteiger partial charge on any atom is -0.342 e. The minimum absolute atomic E-state index is 0.0944. The van der Waals surface area contributed by atoms with Crippen molar-refractivity contribution in [3.8, 4) is 0 Å². The van der Waals surface area contributed by atoms with Crippen molar-refractivity contribution in [2.75, 3.05) is 32.9 Å². The largest absolute Gasteiger partial charge is 0.342 e. The van der Waals surface area contributed by atoms with Crippen LogP contribution in [0.5, 0.6) is 0 Å². The van der Waals surface area contributed by atoms with Crippen LogP contribution in [-0.2, 0) is 4.79 Å². The van der Waals surface area contributed by atoms with Crippen LogP contribution in [0.1, 0.15) is 25.7 Å². The van der Waals surface area contributed by atoms with Gasteiger partial charge >= 0.3 is 0 Å². The van der Waals surface area contributed by atoms with Crippen LogP contribution in [0.4, 0.5) is 4.39 Å². The zero-order chi connectivity index (χ0) is 11.4. The lowest BCUT2D eigenvalue weighted by Gasteiger charge is -2.24. The van der Waals surface area contributed by atoms with E-state index in [1.54, 1.807) is 0 Å². The van der Waals surface area contributed by atoms with Crippen LogP contribution in [0.25, 0.3) is 0 Å². The molecule has 0 aromatic rings. The van der Waals surface area contributed by atoms with Crippen molar-refractivity contribution in [1.29, 1.82) is 0 Å². The summed E-state index contributed by atoms with van der Waals surface area (Å²) in [7, 11) is 0. The number of hydrogen-bond donors (Lipinski definition) is 1. The smallest absolute Gasteiger partial charge is 0.222 e. The second-order valence-electron chi connectivity index (χ2n) is 5.05. The predicted molar refractivity (Wildman–Crippen MR) is 60.9 cm³/mol. The van der Waals surface area contributed by atoms with Crippen LogP contribution < -0.4 is 5.32 Å². The molecule has 0 bridgehead atoms. The highest BCUT2D eigenvalue weighted by atomic mass is 19.1. The number of halogens is 1. The number of nitrogens with zero attached hydrogens (tertiary/aromatic N) is 1. The number of carbonyl (C=O) groups is 1. The lowest BCUT2D eigenvalue weighted by Crippen LogP contribution is -2.34. The van der Waals surface area contributed by atoms with Gasteiger partial charge in [-0.2, -0.15) is 0 Å². The molecule has 1 atom stereocenters. The molecule has 0 aromatic heterocycles. The second-order valence-corrected chi connectivity index (χ2v) is 5.05. The predicted octanol–water partition coefficient (Wildman–Crippen LogP) is 1.19. The molecular weight excluding hydrogens is 207 g/mol. The standard InChI is InChI=1S/C12H21FN2O/c13-8-11-3-6-15(9-11)12(16)7-10-1-4-14-5-2-10/h10-11,14H,1-9H2/t11-/m0/s1. The fourth-order valence-electron chi connectivity index (χ4n) is 2.65. The van der Waals surface area contributed by atoms with Crippen molar-refractivity contribution >= 4 is 5.91 Å². The second kappa shape index (κ2) is 5.62. The van der Waals surface area contributed by atoms with Crippen LogP contribution in [-0.4, -0.2) is 43.7 Å². The quantitative estimate of drug-likeness (QED) is 0.787. The van der Waals surface area contributed by atoms with Gasteiger partial charge in [-0.25, -0.2) is 0 Å². The highest BCUT2D eigenvalue weighted by Crippen LogP contribution is 2.21. The molecule has 0 spiro atoms. The van der Waals surface area contributed by atoms with Gasteiger partial charge in [0.25, 0.3) is 0 Å². The van der Waals surface area contributed by atoms with Gasteiger partial charge in [0, 0.05) is 25.4 Å². The molecule has 3 nitrogen and oxygen atoms in total. The number of carbonyl (C=O) groups excluding carboxylic acids is 1. The van der Waals surface area contributed by atoms with Crippen molar-refractivity contribution in [3.63, 3.8) is 0 Å². The molecule has 0 aliphatic carbocycles. The number of amides is 1. The molecule has 0 aromatic carbocycles. The summed E-state index contributed by atoms with van der Waals surface area (Å²) >= 11 is 0. The Morgan fingerprint density at radius 1 is 1.25 bits per heavy atom. The number of likely N-dealkylation sites (tertiary alicyclic amines) is 1. The number of piperidine rings is 1. The van der Waals surface area contributed by atoms with E-state index in [4.69, 9.17) is 0 Å². The van der Waals surface area contributed by atoms with Crippen molar-refractivity contribution in [2.45, 2.75) is 25.7 Å². The molecule has 0 saturated carbocycles. The average molecular weight is 228 g/mol. The van der Waals surface area contributed by atoms with Crippen LogP contribution in [0, 0.1) is 11.8 Å². The molecule has 2 saturated heterocycles. The summed E-state index contributed by atoms with van der Waals surface area (Å²) in [6, 6.07) is 0. The molecule has 1 N–H and O–H groups in total. The molecular formula is C12H21FN2O. The summed E-state index contributed by atoms with van der Waals surface area (Å²) < 4.78 is 12.4. The molecule has 1 amide bonds. The maximum atomic E-state index is 12.4. The third-order valence-electron chi connectivity index (χ3n) is 3.78. The zero-order valence-electron chi connectivity index (χ0n) is 9.75. The Balaban J connectivity index is 1.75. The number of hydrogen-bond acceptors (Lipinski definition) is 2. The zero-order valence-corrected chi connectivity index (χ0v) is 9.75. The maximum absolute atomic E-state index is 12.4. The third-order valence-corrected chi connectivity index (χ3v) is 3.78. The Kier molecular flexibility index (Phi) is 4.16. The summed E-state index contributed by atoms with van der Waals surface area (Å²) in [4.78, 5) is 13.8. The monoisotopic (exact) mass is 228 g/mol. The van der Waals surface area contributed by atoms with E-state index in [9.17, 15) is 9.18 Å². The number of rotatable bonds is 3. The molecule has 2 aliphatic heterocycles. The van der Waals surface area contributed by atoms with Gasteiger partial charge in [-0.3, -0.25) is 9.18 Å². The Morgan fingerprint density at radius 3 is 2.62 bits per heavy atom. The summed E-state index contributed by atoms with van der Waals surface area (Å²) in [5.41, 5.74) is 0. The lowest BCUT2D eigenvalue weighted by molar-refractivity contribution is -0.131. The lowest BCUT2D eigenvalue weighted by atomic mass is 9.94. The Hall–Kier alpha value is -0.640. The van der Waals surface area contributed by atoms with Crippen molar-refractivity contribution in [3.05, 3.63) is 0 Å². The van der Waals surface area contributed by atoms with E-state index in [0.29, 0.717) is 18.9 Å². The van der Waals surface area contributed by atoms with Gasteiger partial charge < -0.3 is 10.2 Å². The van der Waals surface area contributed by atoms with E-state index in [2.05, 4.69) is 5.32 Å². The summed E-state index contributed by atoms with van der Waals surface area (Å²) in [5.74, 6) is 0.873. The molecule has 2 aliphatic rings. The van der Waals surface area contributed by atoms with Gasteiger partial charge in [0.2, 0.25) is 5.91 Å². The number of nitrogens with one attached hydrogen (secondary N) is 1. The van der Waals surface area contributed by atoms with Crippen LogP contribution >= 0.6 is 0 Å². The molecule has 2 rings (SSSR count). The van der Waals surface area contributed by atoms with E-state index in [1.165, 1.54) is 0 Å². The first-order valence-electron chi connectivity index (χ1n) is 6.34. The van der Waals surface area contributed by atoms with E-state index in [0.717, 1.165) is 38.9 Å². The van der Waals surface area contributed by atoms with E-state index < -0.39 is 0 Å². The Labute approximate surface area is 96.4 Å². The van der Waals surface area contributed by atoms with Gasteiger partial charge in [0.05, 0.1) is 6.67 Å². The van der Waals surface area contributed by atoms with Crippen molar-refractivity contribution < 1.29 is 9.18 Å². The van der Waals surface area contributed by atoms with Crippen LogP contribution in [0.15, 0.2) is 0 Å². The first-order chi connectivity index (χ1) is 7.79. The van der Waals surface area contributed by atoms with Crippen molar-refractivity contribution in [2.24, 2.45) is 11.8 Å². The highest BCUT2D eigenvalue weighted by molar-refractivity contribution is 5.76. The normalized spacial score (nSPS) is 27.3. The van der Waals surface area contributed by atoms with Gasteiger partial charge in [-0.05, 0) is 38.3 Å². The first-order valence-corrected chi connectivity index (χ1v) is 6.34. The Morgan fingerprint density at radius 2 is 2.00 bits per heavy atom. The summed E-state index contributed by atoms with van der Waals surface area (Å²) in [6.45, 7) is 3.19. The SMILES string of the molecule is O=C(CC1CCNCC1)N1CC[C@@H](CF)C1. The van der Waals surface area contributed by atoms with Gasteiger partial charge in [0.15, 0.2) is 0 Å². The van der Waals surface area contributed by atoms with Crippen molar-refractivity contribution in [1.82, 2.24) is 10.2 Å². The van der Waals surface area contributed by atoms with Gasteiger partial charge in [-0.15, -0.1) is 0 Å². The molecule has 4 heteroatoms. The fourth-order valence-corrected chi connectivity index (χ4v) is 2.65. The van der Waals surface area contributed by atoms with E-state index in [-0.39, 0.29) is 18.5 Å². The Bertz CT molecular complexity index is 241. The fraction of sp³-hybridized carbons (Fsp3) is 0.917. The minimum atomic E-state index is -0.281. The molecule has 2 heterocycles. The van der Waals surface area contributed by atoms with Gasteiger partial charge in [0.1, 0.15) is 0 Å². The topological polar surface area (TPSA) is 32.3 Å². The third kappa shape index (κ3) is 2.94. The van der Waals surface area contributed by atoms with Crippen LogP contribution in [0.3, 0.4) is 0 Å². The molecule has 16 heavy (non-hydrogen) atoms. The molecule has 92 valence electrons. The highest BCUT2D eigenvalue weighted by Gasteiger charge is 2.27. The van der Waals surface area contributed by atoms with E-state index >= 15 is 0 Å². The summed E-state index contributed by atoms with van der Waals surface area (Å²) in [5, 5.41) is 3.30. The first kappa shape index (κ1) is 11.8. The average Bonchev–Trinajstić information content (AvgIpc) is 2.79. The molecule has 2 fully saturated rings. The number of alkyl halides is 1. The van der Waals surface area contributed by atoms with Crippen LogP contribution in [0.2, 0.25) is 0 Å². The van der Waals surface area contributed by atoms with Gasteiger partial charge in [-0.1, -0.05) is 0 Å². The molecule has 0 radical (unpaired) electrons. The van der Waals surface area contributed by atoms with E-state index in [1.807, 2.05) is 4.90 Å².